The van der Waals surface area contributed by atoms with E-state index in [1.807, 2.05) is 19.9 Å². The molecule has 7 nitrogen and oxygen atoms in total. The Bertz CT molecular complexity index is 958. The minimum atomic E-state index is -0.994. The maximum atomic E-state index is 12.7. The number of benzene rings is 1. The van der Waals surface area contributed by atoms with Crippen LogP contribution in [0.15, 0.2) is 23.1 Å². The van der Waals surface area contributed by atoms with Crippen molar-refractivity contribution in [2.24, 2.45) is 5.92 Å². The van der Waals surface area contributed by atoms with E-state index in [4.69, 9.17) is 0 Å². The van der Waals surface area contributed by atoms with E-state index in [9.17, 15) is 19.5 Å². The van der Waals surface area contributed by atoms with Crippen LogP contribution in [-0.4, -0.2) is 40.6 Å². The first kappa shape index (κ1) is 20.1. The van der Waals surface area contributed by atoms with E-state index in [2.05, 4.69) is 15.6 Å². The number of hydrogen-bond donors (Lipinski definition) is 4. The van der Waals surface area contributed by atoms with Gasteiger partial charge in [0.25, 0.3) is 5.91 Å². The number of aromatic nitrogens is 1. The van der Waals surface area contributed by atoms with Crippen molar-refractivity contribution in [3.63, 3.8) is 0 Å². The minimum absolute atomic E-state index is 0.0952. The Morgan fingerprint density at radius 1 is 1.29 bits per heavy atom. The molecule has 3 rings (SSSR count). The van der Waals surface area contributed by atoms with Gasteiger partial charge in [0.15, 0.2) is 0 Å². The lowest BCUT2D eigenvalue weighted by Crippen LogP contribution is -2.47. The fourth-order valence-corrected chi connectivity index (χ4v) is 3.61. The van der Waals surface area contributed by atoms with E-state index in [1.165, 1.54) is 13.1 Å². The molecule has 0 radical (unpaired) electrons. The molecule has 0 bridgehead atoms. The first-order valence-electron chi connectivity index (χ1n) is 9.66. The molecule has 1 aliphatic rings. The van der Waals surface area contributed by atoms with Gasteiger partial charge in [-0.1, -0.05) is 6.07 Å². The van der Waals surface area contributed by atoms with Crippen molar-refractivity contribution < 1.29 is 14.7 Å². The van der Waals surface area contributed by atoms with Gasteiger partial charge in [0, 0.05) is 24.2 Å². The number of pyridine rings is 1. The van der Waals surface area contributed by atoms with Crippen molar-refractivity contribution in [3.05, 3.63) is 45.2 Å². The molecule has 1 unspecified atom stereocenters. The van der Waals surface area contributed by atoms with E-state index in [1.54, 1.807) is 6.07 Å². The molecule has 2 aromatic rings. The van der Waals surface area contributed by atoms with E-state index in [0.29, 0.717) is 17.8 Å². The van der Waals surface area contributed by atoms with Gasteiger partial charge in [0.05, 0.1) is 5.52 Å². The number of rotatable bonds is 6. The highest BCUT2D eigenvalue weighted by molar-refractivity contribution is 5.97. The number of aliphatic hydroxyl groups excluding tert-OH is 1. The summed E-state index contributed by atoms with van der Waals surface area (Å²) >= 11 is 0. The molecule has 0 aliphatic heterocycles. The topological polar surface area (TPSA) is 111 Å². The second kappa shape index (κ2) is 8.14. The second-order valence-corrected chi connectivity index (χ2v) is 7.72. The molecular weight excluding hydrogens is 358 g/mol. The van der Waals surface area contributed by atoms with Crippen LogP contribution in [0.2, 0.25) is 0 Å². The minimum Gasteiger partial charge on any atom is -0.384 e. The van der Waals surface area contributed by atoms with Crippen molar-refractivity contribution in [2.75, 3.05) is 6.54 Å². The highest BCUT2D eigenvalue weighted by Crippen LogP contribution is 2.30. The normalized spacial score (nSPS) is 19.7. The van der Waals surface area contributed by atoms with Gasteiger partial charge in [-0.3, -0.25) is 14.4 Å². The predicted octanol–water partition coefficient (Wildman–Crippen LogP) is 1.54. The van der Waals surface area contributed by atoms with Gasteiger partial charge in [-0.05, 0) is 63.1 Å². The number of carbonyl (C=O) groups is 2. The molecular formula is C21H27N3O4. The van der Waals surface area contributed by atoms with Crippen LogP contribution in [-0.2, 0) is 4.79 Å². The molecule has 2 amide bonds. The maximum absolute atomic E-state index is 12.7. The van der Waals surface area contributed by atoms with Crippen LogP contribution in [0.1, 0.15) is 47.7 Å². The molecule has 4 N–H and O–H groups in total. The molecule has 1 saturated carbocycles. The van der Waals surface area contributed by atoms with Crippen molar-refractivity contribution in [1.29, 1.82) is 0 Å². The number of hydrogen-bond acceptors (Lipinski definition) is 4. The summed E-state index contributed by atoms with van der Waals surface area (Å²) in [4.78, 5) is 39.6. The lowest BCUT2D eigenvalue weighted by molar-refractivity contribution is -0.130. The van der Waals surface area contributed by atoms with E-state index in [0.717, 1.165) is 35.9 Å². The fraction of sp³-hybridized carbons (Fsp3) is 0.476. The Balaban J connectivity index is 1.53. The molecule has 7 heteroatoms. The quantitative estimate of drug-likeness (QED) is 0.604. The average molecular weight is 385 g/mol. The number of amides is 2. The zero-order valence-electron chi connectivity index (χ0n) is 16.5. The summed E-state index contributed by atoms with van der Waals surface area (Å²) in [6.45, 7) is 5.85. The maximum Gasteiger partial charge on any atom is 0.256 e. The molecule has 28 heavy (non-hydrogen) atoms. The highest BCUT2D eigenvalue weighted by atomic mass is 16.3. The molecule has 1 fully saturated rings. The van der Waals surface area contributed by atoms with Gasteiger partial charge in [-0.2, -0.15) is 0 Å². The highest BCUT2D eigenvalue weighted by Gasteiger charge is 2.30. The summed E-state index contributed by atoms with van der Waals surface area (Å²) in [6, 6.07) is 3.74. The lowest BCUT2D eigenvalue weighted by Gasteiger charge is -2.36. The van der Waals surface area contributed by atoms with Crippen LogP contribution in [0, 0.1) is 19.8 Å². The van der Waals surface area contributed by atoms with Crippen molar-refractivity contribution in [2.45, 2.75) is 52.2 Å². The molecule has 1 atom stereocenters. The van der Waals surface area contributed by atoms with Crippen LogP contribution in [0.4, 0.5) is 0 Å². The Hall–Kier alpha value is -2.67. The average Bonchev–Trinajstić information content (AvgIpc) is 2.62. The number of nitrogens with one attached hydrogen (secondary N) is 3. The summed E-state index contributed by atoms with van der Waals surface area (Å²) in [6.07, 6.45) is 2.95. The Morgan fingerprint density at radius 3 is 2.68 bits per heavy atom. The summed E-state index contributed by atoms with van der Waals surface area (Å²) in [7, 11) is 0. The second-order valence-electron chi connectivity index (χ2n) is 7.72. The third kappa shape index (κ3) is 4.09. The van der Waals surface area contributed by atoms with Crippen LogP contribution < -0.4 is 16.1 Å². The van der Waals surface area contributed by atoms with Gasteiger partial charge >= 0.3 is 0 Å². The lowest BCUT2D eigenvalue weighted by atomic mass is 9.78. The predicted molar refractivity (Wildman–Crippen MR) is 107 cm³/mol. The molecule has 1 aromatic carbocycles. The van der Waals surface area contributed by atoms with Crippen molar-refractivity contribution >= 4 is 22.7 Å². The van der Waals surface area contributed by atoms with Gasteiger partial charge < -0.3 is 20.7 Å². The van der Waals surface area contributed by atoms with Gasteiger partial charge in [-0.25, -0.2) is 0 Å². The van der Waals surface area contributed by atoms with Crippen molar-refractivity contribution in [1.82, 2.24) is 15.6 Å². The van der Waals surface area contributed by atoms with Gasteiger partial charge in [0.2, 0.25) is 11.3 Å². The summed E-state index contributed by atoms with van der Waals surface area (Å²) in [5, 5.41) is 15.3. The largest absolute Gasteiger partial charge is 0.384 e. The molecule has 150 valence electrons. The third-order valence-corrected chi connectivity index (χ3v) is 5.63. The first-order valence-corrected chi connectivity index (χ1v) is 9.66. The van der Waals surface area contributed by atoms with Crippen LogP contribution >= 0.6 is 0 Å². The first-order chi connectivity index (χ1) is 13.3. The molecule has 0 saturated heterocycles. The molecule has 1 aromatic heterocycles. The van der Waals surface area contributed by atoms with E-state index >= 15 is 0 Å². The SMILES string of the molecule is Cc1ccc2c(=O)c(C(=O)NCCC3CC(NC(=O)C(C)O)C3)c[nH]c2c1C. The number of fused-ring (bicyclic) bond motifs is 1. The summed E-state index contributed by atoms with van der Waals surface area (Å²) in [5.41, 5.74) is 2.71. The summed E-state index contributed by atoms with van der Waals surface area (Å²) < 4.78 is 0. The van der Waals surface area contributed by atoms with Crippen LogP contribution in [0.25, 0.3) is 10.9 Å². The number of aryl methyl sites for hydroxylation is 2. The number of aliphatic hydroxyl groups is 1. The number of aromatic amines is 1. The number of carbonyl (C=O) groups excluding carboxylic acids is 2. The molecule has 0 spiro atoms. The van der Waals surface area contributed by atoms with Crippen molar-refractivity contribution in [3.8, 4) is 0 Å². The summed E-state index contributed by atoms with van der Waals surface area (Å²) in [5.74, 6) is -0.308. The molecule has 1 aliphatic carbocycles. The third-order valence-electron chi connectivity index (χ3n) is 5.63. The zero-order chi connectivity index (χ0) is 20.4. The molecule has 1 heterocycles. The van der Waals surface area contributed by atoms with E-state index < -0.39 is 6.10 Å². The van der Waals surface area contributed by atoms with Crippen LogP contribution in [0.5, 0.6) is 0 Å². The number of H-pyrrole nitrogens is 1. The smallest absolute Gasteiger partial charge is 0.256 e. The van der Waals surface area contributed by atoms with Gasteiger partial charge in [0.1, 0.15) is 11.7 Å². The monoisotopic (exact) mass is 385 g/mol. The standard InChI is InChI=1S/C21H27N3O4/c1-11-4-5-16-18(12(11)2)23-10-17(19(16)26)21(28)22-7-6-14-8-15(9-14)24-20(27)13(3)25/h4-5,10,13-15,25H,6-9H2,1-3H3,(H,22,28)(H,23,26)(H,24,27). The Labute approximate surface area is 163 Å². The van der Waals surface area contributed by atoms with E-state index in [-0.39, 0.29) is 28.8 Å². The Morgan fingerprint density at radius 2 is 2.00 bits per heavy atom. The van der Waals surface area contributed by atoms with Gasteiger partial charge in [-0.15, -0.1) is 0 Å². The fourth-order valence-electron chi connectivity index (χ4n) is 3.61. The zero-order valence-corrected chi connectivity index (χ0v) is 16.5. The van der Waals surface area contributed by atoms with Crippen LogP contribution in [0.3, 0.4) is 0 Å². The Kier molecular flexibility index (Phi) is 5.84.